The molecule has 0 bridgehead atoms. The summed E-state index contributed by atoms with van der Waals surface area (Å²) in [6.07, 6.45) is 5.89. The van der Waals surface area contributed by atoms with Crippen molar-refractivity contribution >= 4 is 11.6 Å². The fraction of sp³-hybridized carbons (Fsp3) is 0.556. The maximum atomic E-state index is 5.43. The van der Waals surface area contributed by atoms with Crippen LogP contribution in [0.2, 0.25) is 0 Å². The third-order valence-corrected chi connectivity index (χ3v) is 3.81. The fourth-order valence-electron chi connectivity index (χ4n) is 2.48. The van der Waals surface area contributed by atoms with E-state index in [-0.39, 0.29) is 0 Å². The summed E-state index contributed by atoms with van der Waals surface area (Å²) in [7, 11) is 3.45. The highest BCUT2D eigenvalue weighted by Crippen LogP contribution is 2.09. The molecule has 0 spiro atoms. The third-order valence-electron chi connectivity index (χ3n) is 3.81. The third kappa shape index (κ3) is 6.36. The number of rotatable bonds is 10. The molecular formula is C18H29N5O2. The molecule has 0 amide bonds. The lowest BCUT2D eigenvalue weighted by atomic mass is 10.3. The van der Waals surface area contributed by atoms with Gasteiger partial charge in [-0.15, -0.1) is 0 Å². The first-order chi connectivity index (χ1) is 12.2. The number of nitrogens with one attached hydrogen (secondary N) is 2. The predicted molar refractivity (Wildman–Crippen MR) is 100 cm³/mol. The topological polar surface area (TPSA) is 72.2 Å². The Hall–Kier alpha value is -2.12. The van der Waals surface area contributed by atoms with E-state index in [0.717, 1.165) is 43.2 Å². The number of guanidine groups is 1. The van der Waals surface area contributed by atoms with Gasteiger partial charge in [0.05, 0.1) is 18.9 Å². The number of aryl methyl sites for hydroxylation is 1. The zero-order valence-corrected chi connectivity index (χ0v) is 15.4. The van der Waals surface area contributed by atoms with Crippen LogP contribution in [0.5, 0.6) is 0 Å². The zero-order valence-electron chi connectivity index (χ0n) is 15.4. The van der Waals surface area contributed by atoms with Gasteiger partial charge in [-0.3, -0.25) is 4.99 Å². The van der Waals surface area contributed by atoms with E-state index in [2.05, 4.69) is 44.2 Å². The smallest absolute Gasteiger partial charge is 0.190 e. The van der Waals surface area contributed by atoms with E-state index >= 15 is 0 Å². The summed E-state index contributed by atoms with van der Waals surface area (Å²) >= 11 is 0. The molecule has 2 rings (SSSR count). The molecule has 0 aromatic carbocycles. The fourth-order valence-corrected chi connectivity index (χ4v) is 2.48. The summed E-state index contributed by atoms with van der Waals surface area (Å²) in [5.74, 6) is 0.803. The first-order valence-electron chi connectivity index (χ1n) is 8.69. The number of aliphatic imine (C=N–C) groups is 1. The summed E-state index contributed by atoms with van der Waals surface area (Å²) in [5.41, 5.74) is 3.28. The van der Waals surface area contributed by atoms with E-state index < -0.39 is 0 Å². The maximum Gasteiger partial charge on any atom is 0.190 e. The van der Waals surface area contributed by atoms with Crippen molar-refractivity contribution in [1.29, 1.82) is 0 Å². The van der Waals surface area contributed by atoms with E-state index in [1.807, 2.05) is 12.3 Å². The van der Waals surface area contributed by atoms with Crippen LogP contribution in [0.25, 0.3) is 5.65 Å². The van der Waals surface area contributed by atoms with Crippen molar-refractivity contribution in [2.45, 2.75) is 19.8 Å². The molecule has 2 aromatic rings. The number of nitrogens with zero attached hydrogens (tertiary/aromatic N) is 3. The molecule has 0 aliphatic carbocycles. The van der Waals surface area contributed by atoms with E-state index in [4.69, 9.17) is 9.47 Å². The molecule has 0 atom stereocenters. The van der Waals surface area contributed by atoms with Crippen molar-refractivity contribution in [2.24, 2.45) is 4.99 Å². The number of ether oxygens (including phenoxy) is 2. The van der Waals surface area contributed by atoms with Gasteiger partial charge in [0.1, 0.15) is 5.65 Å². The Kier molecular flexibility index (Phi) is 8.21. The van der Waals surface area contributed by atoms with Crippen LogP contribution in [-0.2, 0) is 15.9 Å². The number of hydrogen-bond acceptors (Lipinski definition) is 4. The number of pyridine rings is 1. The van der Waals surface area contributed by atoms with Crippen LogP contribution in [0.1, 0.15) is 17.7 Å². The summed E-state index contributed by atoms with van der Waals surface area (Å²) in [5, 5.41) is 6.60. The molecule has 0 aliphatic heterocycles. The minimum Gasteiger partial charge on any atom is -0.382 e. The number of aromatic nitrogens is 2. The molecule has 0 aliphatic rings. The quantitative estimate of drug-likeness (QED) is 0.386. The Balaban J connectivity index is 1.66. The van der Waals surface area contributed by atoms with Crippen LogP contribution < -0.4 is 10.6 Å². The molecule has 2 aromatic heterocycles. The van der Waals surface area contributed by atoms with Gasteiger partial charge in [0, 0.05) is 52.7 Å². The molecular weight excluding hydrogens is 318 g/mol. The van der Waals surface area contributed by atoms with Gasteiger partial charge < -0.3 is 24.5 Å². The van der Waals surface area contributed by atoms with Crippen molar-refractivity contribution in [3.63, 3.8) is 0 Å². The highest BCUT2D eigenvalue weighted by Gasteiger charge is 2.04. The second kappa shape index (κ2) is 10.7. The van der Waals surface area contributed by atoms with Crippen LogP contribution in [0.3, 0.4) is 0 Å². The average molecular weight is 347 g/mol. The Morgan fingerprint density at radius 2 is 2.08 bits per heavy atom. The lowest BCUT2D eigenvalue weighted by molar-refractivity contribution is 0.0698. The molecule has 7 heteroatoms. The van der Waals surface area contributed by atoms with E-state index in [9.17, 15) is 0 Å². The van der Waals surface area contributed by atoms with Crippen LogP contribution in [0, 0.1) is 6.92 Å². The van der Waals surface area contributed by atoms with Gasteiger partial charge in [0.25, 0.3) is 0 Å². The number of methoxy groups -OCH3 is 1. The average Bonchev–Trinajstić information content (AvgIpc) is 3.04. The van der Waals surface area contributed by atoms with Crippen LogP contribution in [0.15, 0.2) is 29.5 Å². The van der Waals surface area contributed by atoms with Crippen LogP contribution >= 0.6 is 0 Å². The van der Waals surface area contributed by atoms with Gasteiger partial charge in [-0.25, -0.2) is 4.98 Å². The van der Waals surface area contributed by atoms with Crippen molar-refractivity contribution in [3.8, 4) is 0 Å². The summed E-state index contributed by atoms with van der Waals surface area (Å²) in [6, 6.07) is 4.12. The van der Waals surface area contributed by atoms with Gasteiger partial charge in [-0.1, -0.05) is 6.07 Å². The molecule has 7 nitrogen and oxygen atoms in total. The lowest BCUT2D eigenvalue weighted by Gasteiger charge is -2.11. The molecule has 138 valence electrons. The SMILES string of the molecule is CN=C(NCCCOCCOC)NCCc1cn2cccc(C)c2n1. The molecule has 25 heavy (non-hydrogen) atoms. The maximum absolute atomic E-state index is 5.43. The van der Waals surface area contributed by atoms with Crippen molar-refractivity contribution in [3.05, 3.63) is 35.8 Å². The Labute approximate surface area is 149 Å². The summed E-state index contributed by atoms with van der Waals surface area (Å²) in [4.78, 5) is 8.91. The number of fused-ring (bicyclic) bond motifs is 1. The minimum atomic E-state index is 0.638. The number of imidazole rings is 1. The van der Waals surface area contributed by atoms with E-state index in [1.165, 1.54) is 5.56 Å². The van der Waals surface area contributed by atoms with Gasteiger partial charge in [-0.05, 0) is 25.0 Å². The van der Waals surface area contributed by atoms with Crippen molar-refractivity contribution in [1.82, 2.24) is 20.0 Å². The first-order valence-corrected chi connectivity index (χ1v) is 8.69. The summed E-state index contributed by atoms with van der Waals surface area (Å²) in [6.45, 7) is 5.68. The van der Waals surface area contributed by atoms with E-state index in [1.54, 1.807) is 14.2 Å². The van der Waals surface area contributed by atoms with Crippen molar-refractivity contribution in [2.75, 3.05) is 47.1 Å². The molecule has 0 fully saturated rings. The second-order valence-corrected chi connectivity index (χ2v) is 5.79. The standard InChI is InChI=1S/C18H29N5O2/c1-15-6-4-10-23-14-16(22-17(15)23)7-9-21-18(19-2)20-8-5-11-25-13-12-24-3/h4,6,10,14H,5,7-9,11-13H2,1-3H3,(H2,19,20,21). The normalized spacial score (nSPS) is 11.9. The number of hydrogen-bond donors (Lipinski definition) is 2. The van der Waals surface area contributed by atoms with Gasteiger partial charge in [-0.2, -0.15) is 0 Å². The Morgan fingerprint density at radius 1 is 1.24 bits per heavy atom. The Morgan fingerprint density at radius 3 is 2.84 bits per heavy atom. The van der Waals surface area contributed by atoms with Crippen LogP contribution in [-0.4, -0.2) is 62.4 Å². The first kappa shape index (κ1) is 19.2. The molecule has 0 unspecified atom stereocenters. The van der Waals surface area contributed by atoms with Crippen LogP contribution in [0.4, 0.5) is 0 Å². The van der Waals surface area contributed by atoms with E-state index in [0.29, 0.717) is 19.8 Å². The lowest BCUT2D eigenvalue weighted by Crippen LogP contribution is -2.39. The molecule has 2 N–H and O–H groups in total. The zero-order chi connectivity index (χ0) is 17.9. The highest BCUT2D eigenvalue weighted by atomic mass is 16.5. The monoisotopic (exact) mass is 347 g/mol. The Bertz CT molecular complexity index is 669. The molecule has 0 radical (unpaired) electrons. The van der Waals surface area contributed by atoms with Gasteiger partial charge in [0.2, 0.25) is 0 Å². The minimum absolute atomic E-state index is 0.638. The van der Waals surface area contributed by atoms with Gasteiger partial charge >= 0.3 is 0 Å². The molecule has 0 saturated heterocycles. The second-order valence-electron chi connectivity index (χ2n) is 5.79. The molecule has 0 saturated carbocycles. The molecule has 2 heterocycles. The summed E-state index contributed by atoms with van der Waals surface area (Å²) < 4.78 is 12.4. The van der Waals surface area contributed by atoms with Crippen molar-refractivity contribution < 1.29 is 9.47 Å². The largest absolute Gasteiger partial charge is 0.382 e. The van der Waals surface area contributed by atoms with Gasteiger partial charge in [0.15, 0.2) is 5.96 Å². The highest BCUT2D eigenvalue weighted by molar-refractivity contribution is 5.79. The predicted octanol–water partition coefficient (Wildman–Crippen LogP) is 1.40.